The van der Waals surface area contributed by atoms with E-state index in [4.69, 9.17) is 4.74 Å². The van der Waals surface area contributed by atoms with E-state index in [1.807, 2.05) is 42.5 Å². The van der Waals surface area contributed by atoms with Crippen LogP contribution in [0.25, 0.3) is 11.0 Å². The number of carbonyl (C=O) groups is 1. The Bertz CT molecular complexity index is 1040. The molecule has 6 nitrogen and oxygen atoms in total. The second-order valence-corrected chi connectivity index (χ2v) is 8.88. The van der Waals surface area contributed by atoms with Gasteiger partial charge in [0.2, 0.25) is 0 Å². The summed E-state index contributed by atoms with van der Waals surface area (Å²) >= 11 is 0. The predicted octanol–water partition coefficient (Wildman–Crippen LogP) is 3.70. The van der Waals surface area contributed by atoms with E-state index in [9.17, 15) is 9.00 Å². The van der Waals surface area contributed by atoms with Crippen LogP contribution in [-0.2, 0) is 25.9 Å². The number of hydrogen-bond acceptors (Lipinski definition) is 5. The number of hydrogen-bond donors (Lipinski definition) is 0. The minimum atomic E-state index is -2.30. The molecule has 0 aliphatic carbocycles. The van der Waals surface area contributed by atoms with Crippen molar-refractivity contribution in [1.29, 1.82) is 0 Å². The average Bonchev–Trinajstić information content (AvgIpc) is 3.04. The zero-order chi connectivity index (χ0) is 18.7. The molecular weight excluding hydrogens is 350 g/mol. The first-order chi connectivity index (χ1) is 12.3. The molecule has 0 aliphatic heterocycles. The molecule has 1 unspecified atom stereocenters. The van der Waals surface area contributed by atoms with Crippen LogP contribution in [0.1, 0.15) is 18.5 Å². The molecule has 3 rings (SSSR count). The molecule has 0 aliphatic rings. The smallest absolute Gasteiger partial charge is 0.329 e. The van der Waals surface area contributed by atoms with Gasteiger partial charge in [0.15, 0.2) is 0 Å². The van der Waals surface area contributed by atoms with Crippen molar-refractivity contribution in [1.82, 2.24) is 9.55 Å². The van der Waals surface area contributed by atoms with Crippen molar-refractivity contribution in [2.24, 2.45) is 4.36 Å². The van der Waals surface area contributed by atoms with Gasteiger partial charge >= 0.3 is 5.97 Å². The number of rotatable bonds is 5. The highest BCUT2D eigenvalue weighted by atomic mass is 32.2. The molecule has 1 heterocycles. The highest BCUT2D eigenvalue weighted by Gasteiger charge is 2.19. The summed E-state index contributed by atoms with van der Waals surface area (Å²) in [5, 5.41) is 0. The second-order valence-electron chi connectivity index (χ2n) is 6.34. The van der Waals surface area contributed by atoms with Crippen LogP contribution in [0.15, 0.2) is 59.2 Å². The van der Waals surface area contributed by atoms with E-state index in [-0.39, 0.29) is 12.6 Å². The first-order valence-corrected chi connectivity index (χ1v) is 10.5. The van der Waals surface area contributed by atoms with Gasteiger partial charge in [0, 0.05) is 22.2 Å². The maximum atomic E-state index is 12.4. The topological polar surface area (TPSA) is 73.6 Å². The number of carbonyl (C=O) groups excluding carboxylic acids is 1. The van der Waals surface area contributed by atoms with E-state index in [0.717, 1.165) is 11.1 Å². The zero-order valence-corrected chi connectivity index (χ0v) is 15.8. The first kappa shape index (κ1) is 18.1. The van der Waals surface area contributed by atoms with Gasteiger partial charge in [0.25, 0.3) is 0 Å². The minimum absolute atomic E-state index is 0.227. The van der Waals surface area contributed by atoms with Crippen molar-refractivity contribution in [3.05, 3.63) is 60.4 Å². The number of imidazole rings is 1. The number of esters is 1. The standard InChI is InChI=1S/C19H21N3O3S/c1-14(19(23)25-12-15-8-5-4-6-9-15)22-13-20-18-16(21-26(2,3)24)10-7-11-17(18)22/h4-11,13-14H,12H2,1-3H3. The number of para-hydroxylation sites is 1. The van der Waals surface area contributed by atoms with Crippen LogP contribution in [0.3, 0.4) is 0 Å². The van der Waals surface area contributed by atoms with E-state index in [1.165, 1.54) is 0 Å². The Labute approximate surface area is 153 Å². The number of ether oxygens (including phenoxy) is 1. The van der Waals surface area contributed by atoms with E-state index < -0.39 is 15.8 Å². The zero-order valence-electron chi connectivity index (χ0n) is 15.0. The van der Waals surface area contributed by atoms with E-state index in [2.05, 4.69) is 9.35 Å². The summed E-state index contributed by atoms with van der Waals surface area (Å²) in [7, 11) is -2.30. The Morgan fingerprint density at radius 2 is 1.92 bits per heavy atom. The lowest BCUT2D eigenvalue weighted by atomic mass is 10.2. The van der Waals surface area contributed by atoms with Crippen LogP contribution in [0.5, 0.6) is 0 Å². The third-order valence-corrected chi connectivity index (χ3v) is 4.52. The van der Waals surface area contributed by atoms with E-state index in [0.29, 0.717) is 11.2 Å². The molecular formula is C19H21N3O3S. The molecule has 26 heavy (non-hydrogen) atoms. The van der Waals surface area contributed by atoms with Gasteiger partial charge in [-0.2, -0.15) is 4.36 Å². The molecule has 7 heteroatoms. The first-order valence-electron chi connectivity index (χ1n) is 8.18. The fraction of sp³-hybridized carbons (Fsp3) is 0.263. The van der Waals surface area contributed by atoms with Crippen LogP contribution in [-0.4, -0.2) is 32.2 Å². The van der Waals surface area contributed by atoms with Crippen molar-refractivity contribution in [3.63, 3.8) is 0 Å². The Morgan fingerprint density at radius 1 is 1.19 bits per heavy atom. The third-order valence-electron chi connectivity index (χ3n) is 3.88. The van der Waals surface area contributed by atoms with Gasteiger partial charge in [-0.1, -0.05) is 36.4 Å². The summed E-state index contributed by atoms with van der Waals surface area (Å²) in [6.45, 7) is 1.99. The number of benzene rings is 2. The Kier molecular flexibility index (Phi) is 5.08. The molecule has 0 bridgehead atoms. The van der Waals surface area contributed by atoms with Crippen molar-refractivity contribution < 1.29 is 13.7 Å². The lowest BCUT2D eigenvalue weighted by molar-refractivity contribution is -0.148. The highest BCUT2D eigenvalue weighted by molar-refractivity contribution is 7.92. The van der Waals surface area contributed by atoms with Crippen LogP contribution >= 0.6 is 0 Å². The Balaban J connectivity index is 1.85. The van der Waals surface area contributed by atoms with Crippen LogP contribution in [0, 0.1) is 0 Å². The summed E-state index contributed by atoms with van der Waals surface area (Å²) in [5.74, 6) is -0.342. The molecule has 0 saturated heterocycles. The largest absolute Gasteiger partial charge is 0.459 e. The molecule has 0 fully saturated rings. The molecule has 2 aromatic carbocycles. The fourth-order valence-corrected chi connectivity index (χ4v) is 3.25. The molecule has 0 N–H and O–H groups in total. The lowest BCUT2D eigenvalue weighted by Gasteiger charge is -2.14. The van der Waals surface area contributed by atoms with Gasteiger partial charge in [-0.05, 0) is 24.6 Å². The SMILES string of the molecule is CC(C(=O)OCc1ccccc1)n1cnc2c(N=S(C)(C)=O)cccc21. The predicted molar refractivity (Wildman–Crippen MR) is 103 cm³/mol. The van der Waals surface area contributed by atoms with Crippen molar-refractivity contribution >= 4 is 32.4 Å². The number of aromatic nitrogens is 2. The molecule has 0 spiro atoms. The summed E-state index contributed by atoms with van der Waals surface area (Å²) in [5.41, 5.74) is 2.86. The Hall–Kier alpha value is -2.67. The van der Waals surface area contributed by atoms with Gasteiger partial charge in [-0.3, -0.25) is 0 Å². The third kappa shape index (κ3) is 4.11. The van der Waals surface area contributed by atoms with Crippen molar-refractivity contribution in [2.45, 2.75) is 19.6 Å². The molecule has 136 valence electrons. The number of nitrogens with zero attached hydrogens (tertiary/aromatic N) is 3. The van der Waals surface area contributed by atoms with Crippen molar-refractivity contribution in [3.8, 4) is 0 Å². The van der Waals surface area contributed by atoms with E-state index in [1.54, 1.807) is 36.4 Å². The maximum absolute atomic E-state index is 12.4. The summed E-state index contributed by atoms with van der Waals surface area (Å²) in [4.78, 5) is 16.8. The monoisotopic (exact) mass is 371 g/mol. The molecule has 1 aromatic heterocycles. The second kappa shape index (κ2) is 7.29. The highest BCUT2D eigenvalue weighted by Crippen LogP contribution is 2.27. The van der Waals surface area contributed by atoms with Gasteiger partial charge in [-0.15, -0.1) is 0 Å². The molecule has 3 aromatic rings. The minimum Gasteiger partial charge on any atom is -0.459 e. The van der Waals surface area contributed by atoms with Crippen LogP contribution in [0.4, 0.5) is 5.69 Å². The summed E-state index contributed by atoms with van der Waals surface area (Å²) in [6.07, 6.45) is 4.74. The van der Waals surface area contributed by atoms with Gasteiger partial charge in [0.05, 0.1) is 11.8 Å². The van der Waals surface area contributed by atoms with Gasteiger partial charge in [-0.25, -0.2) is 14.0 Å². The normalized spacial score (nSPS) is 12.7. The molecule has 0 amide bonds. The maximum Gasteiger partial charge on any atom is 0.329 e. The van der Waals surface area contributed by atoms with Crippen molar-refractivity contribution in [2.75, 3.05) is 12.5 Å². The fourth-order valence-electron chi connectivity index (χ4n) is 2.62. The Morgan fingerprint density at radius 3 is 2.62 bits per heavy atom. The summed E-state index contributed by atoms with van der Waals surface area (Å²) in [6, 6.07) is 14.4. The van der Waals surface area contributed by atoms with Gasteiger partial charge in [0.1, 0.15) is 23.9 Å². The van der Waals surface area contributed by atoms with Crippen LogP contribution in [0.2, 0.25) is 0 Å². The van der Waals surface area contributed by atoms with Gasteiger partial charge < -0.3 is 9.30 Å². The number of fused-ring (bicyclic) bond motifs is 1. The molecule has 0 radical (unpaired) electrons. The molecule has 1 atom stereocenters. The summed E-state index contributed by atoms with van der Waals surface area (Å²) < 4.78 is 23.4. The molecule has 0 saturated carbocycles. The lowest BCUT2D eigenvalue weighted by Crippen LogP contribution is -2.18. The average molecular weight is 371 g/mol. The quantitative estimate of drug-likeness (QED) is 0.641. The van der Waals surface area contributed by atoms with Crippen LogP contribution < -0.4 is 0 Å². The van der Waals surface area contributed by atoms with E-state index >= 15 is 0 Å².